The number of fused-ring (bicyclic) bond motifs is 2. The van der Waals surface area contributed by atoms with Crippen molar-refractivity contribution in [3.05, 3.63) is 63.3 Å². The summed E-state index contributed by atoms with van der Waals surface area (Å²) in [6.45, 7) is 1.88. The van der Waals surface area contributed by atoms with Crippen molar-refractivity contribution in [2.45, 2.75) is 62.4 Å². The lowest BCUT2D eigenvalue weighted by Crippen LogP contribution is -2.36. The van der Waals surface area contributed by atoms with E-state index in [1.54, 1.807) is 22.8 Å². The Morgan fingerprint density at radius 2 is 1.85 bits per heavy atom. The number of piperidine rings is 1. The summed E-state index contributed by atoms with van der Waals surface area (Å²) < 4.78 is 31.5. The number of hydrogen-bond donors (Lipinski definition) is 1. The molecule has 180 valence electrons. The van der Waals surface area contributed by atoms with Crippen molar-refractivity contribution in [2.24, 2.45) is 0 Å². The Morgan fingerprint density at radius 3 is 2.68 bits per heavy atom. The zero-order chi connectivity index (χ0) is 23.7. The molecule has 2 aromatic carbocycles. The molecule has 0 unspecified atom stereocenters. The maximum absolute atomic E-state index is 13.2. The second kappa shape index (κ2) is 9.64. The van der Waals surface area contributed by atoms with Crippen LogP contribution in [0.15, 0.2) is 52.2 Å². The van der Waals surface area contributed by atoms with Crippen LogP contribution in [-0.4, -0.2) is 36.9 Å². The molecule has 0 radical (unpaired) electrons. The molecule has 7 nitrogen and oxygen atoms in total. The van der Waals surface area contributed by atoms with Gasteiger partial charge in [0, 0.05) is 32.1 Å². The van der Waals surface area contributed by atoms with Crippen LogP contribution in [-0.2, 0) is 27.8 Å². The van der Waals surface area contributed by atoms with Gasteiger partial charge in [0.2, 0.25) is 15.9 Å². The molecule has 1 fully saturated rings. The maximum Gasteiger partial charge on any atom is 0.308 e. The second-order valence-corrected chi connectivity index (χ2v) is 11.8. The Kier molecular flexibility index (Phi) is 6.59. The lowest BCUT2D eigenvalue weighted by atomic mass is 9.88. The third-order valence-electron chi connectivity index (χ3n) is 6.87. The quantitative estimate of drug-likeness (QED) is 0.558. The van der Waals surface area contributed by atoms with Gasteiger partial charge in [-0.15, -0.1) is 0 Å². The van der Waals surface area contributed by atoms with Crippen LogP contribution in [0.4, 0.5) is 0 Å². The number of sulfonamides is 1. The molecular weight excluding hydrogens is 470 g/mol. The Bertz CT molecular complexity index is 1370. The molecule has 1 aromatic heterocycles. The Morgan fingerprint density at radius 1 is 1.06 bits per heavy atom. The highest BCUT2D eigenvalue weighted by Crippen LogP contribution is 2.31. The van der Waals surface area contributed by atoms with Gasteiger partial charge in [-0.3, -0.25) is 14.2 Å². The predicted octanol–water partition coefficient (Wildman–Crippen LogP) is 3.82. The van der Waals surface area contributed by atoms with Crippen molar-refractivity contribution in [1.29, 1.82) is 0 Å². The van der Waals surface area contributed by atoms with E-state index in [2.05, 4.69) is 10.8 Å². The molecule has 1 atom stereocenters. The molecule has 1 aliphatic carbocycles. The Labute approximate surface area is 203 Å². The van der Waals surface area contributed by atoms with Crippen LogP contribution in [0.3, 0.4) is 0 Å². The third kappa shape index (κ3) is 4.69. The van der Waals surface area contributed by atoms with E-state index in [-0.39, 0.29) is 28.1 Å². The number of likely N-dealkylation sites (tertiary alicyclic amines) is 1. The molecule has 1 saturated heterocycles. The van der Waals surface area contributed by atoms with E-state index in [0.29, 0.717) is 16.8 Å². The van der Waals surface area contributed by atoms with Crippen LogP contribution in [0.1, 0.15) is 55.7 Å². The SMILES string of the molecule is O=C(CCn1c(=O)sc2cc(S(=O)(=O)N[C@@H]3CCCc4ccccc43)ccc21)N1CCCCC1. The Balaban J connectivity index is 1.34. The minimum atomic E-state index is -3.75. The molecule has 0 saturated carbocycles. The third-order valence-corrected chi connectivity index (χ3v) is 9.29. The molecule has 1 amide bonds. The fourth-order valence-electron chi connectivity index (χ4n) is 5.07. The van der Waals surface area contributed by atoms with E-state index in [9.17, 15) is 18.0 Å². The van der Waals surface area contributed by atoms with Gasteiger partial charge in [-0.1, -0.05) is 35.6 Å². The molecule has 1 N–H and O–H groups in total. The fraction of sp³-hybridized carbons (Fsp3) is 0.440. The summed E-state index contributed by atoms with van der Waals surface area (Å²) in [7, 11) is -3.75. The first-order valence-electron chi connectivity index (χ1n) is 11.9. The monoisotopic (exact) mass is 499 g/mol. The molecule has 34 heavy (non-hydrogen) atoms. The second-order valence-electron chi connectivity index (χ2n) is 9.11. The van der Waals surface area contributed by atoms with Crippen LogP contribution in [0.25, 0.3) is 10.2 Å². The first-order valence-corrected chi connectivity index (χ1v) is 14.2. The molecular formula is C25H29N3O4S2. The highest BCUT2D eigenvalue weighted by Gasteiger charge is 2.26. The van der Waals surface area contributed by atoms with E-state index in [0.717, 1.165) is 68.5 Å². The van der Waals surface area contributed by atoms with Gasteiger partial charge >= 0.3 is 4.87 Å². The van der Waals surface area contributed by atoms with E-state index in [4.69, 9.17) is 0 Å². The van der Waals surface area contributed by atoms with Crippen molar-refractivity contribution < 1.29 is 13.2 Å². The minimum Gasteiger partial charge on any atom is -0.343 e. The molecule has 9 heteroatoms. The molecule has 5 rings (SSSR count). The fourth-order valence-corrected chi connectivity index (χ4v) is 7.37. The highest BCUT2D eigenvalue weighted by atomic mass is 32.2. The average Bonchev–Trinajstić information content (AvgIpc) is 3.17. The number of nitrogens with zero attached hydrogens (tertiary/aromatic N) is 2. The number of aryl methyl sites for hydroxylation is 2. The summed E-state index contributed by atoms with van der Waals surface area (Å²) in [6, 6.07) is 12.5. The molecule has 0 spiro atoms. The number of benzene rings is 2. The van der Waals surface area contributed by atoms with Gasteiger partial charge in [0.1, 0.15) is 0 Å². The number of nitrogens with one attached hydrogen (secondary N) is 1. The van der Waals surface area contributed by atoms with E-state index >= 15 is 0 Å². The van der Waals surface area contributed by atoms with Gasteiger partial charge in [-0.25, -0.2) is 13.1 Å². The van der Waals surface area contributed by atoms with Crippen LogP contribution < -0.4 is 9.60 Å². The molecule has 1 aliphatic heterocycles. The number of carbonyl (C=O) groups excluding carboxylic acids is 1. The molecule has 3 aromatic rings. The van der Waals surface area contributed by atoms with Crippen molar-refractivity contribution in [2.75, 3.05) is 13.1 Å². The number of thiazole rings is 1. The number of carbonyl (C=O) groups is 1. The zero-order valence-corrected chi connectivity index (χ0v) is 20.7. The Hall–Kier alpha value is -2.49. The molecule has 2 aliphatic rings. The van der Waals surface area contributed by atoms with Gasteiger partial charge < -0.3 is 4.90 Å². The van der Waals surface area contributed by atoms with E-state index in [1.807, 2.05) is 23.1 Å². The summed E-state index contributed by atoms with van der Waals surface area (Å²) in [5, 5.41) is 0. The first-order chi connectivity index (χ1) is 16.4. The lowest BCUT2D eigenvalue weighted by molar-refractivity contribution is -0.132. The summed E-state index contributed by atoms with van der Waals surface area (Å²) in [6.07, 6.45) is 6.15. The summed E-state index contributed by atoms with van der Waals surface area (Å²) in [4.78, 5) is 27.0. The highest BCUT2D eigenvalue weighted by molar-refractivity contribution is 7.89. The van der Waals surface area contributed by atoms with E-state index in [1.165, 1.54) is 5.56 Å². The molecule has 0 bridgehead atoms. The molecule has 2 heterocycles. The van der Waals surface area contributed by atoms with Gasteiger partial charge in [-0.05, 0) is 67.9 Å². The minimum absolute atomic E-state index is 0.0714. The van der Waals surface area contributed by atoms with Gasteiger partial charge in [0.05, 0.1) is 15.1 Å². The van der Waals surface area contributed by atoms with Crippen molar-refractivity contribution >= 4 is 37.5 Å². The van der Waals surface area contributed by atoms with Crippen LogP contribution in [0, 0.1) is 0 Å². The number of amides is 1. The smallest absolute Gasteiger partial charge is 0.308 e. The number of aromatic nitrogens is 1. The average molecular weight is 500 g/mol. The number of hydrogen-bond acceptors (Lipinski definition) is 5. The number of rotatable bonds is 6. The van der Waals surface area contributed by atoms with Gasteiger partial charge in [-0.2, -0.15) is 0 Å². The topological polar surface area (TPSA) is 88.5 Å². The van der Waals surface area contributed by atoms with E-state index < -0.39 is 10.0 Å². The van der Waals surface area contributed by atoms with Gasteiger partial charge in [0.15, 0.2) is 0 Å². The standard InChI is InChI=1S/C25H29N3O4S2/c29-24(27-14-4-1-5-15-27)13-16-28-22-12-11-19(17-23(22)33-25(28)30)34(31,32)26-21-10-6-8-18-7-2-3-9-20(18)21/h2-3,7,9,11-12,17,21,26H,1,4-6,8,10,13-16H2/t21-/m1/s1. The normalized spacial score (nSPS) is 18.7. The van der Waals surface area contributed by atoms with Crippen LogP contribution in [0.2, 0.25) is 0 Å². The van der Waals surface area contributed by atoms with Crippen molar-refractivity contribution in [1.82, 2.24) is 14.2 Å². The first kappa shape index (κ1) is 23.3. The summed E-state index contributed by atoms with van der Waals surface area (Å²) in [5.74, 6) is 0.0714. The largest absolute Gasteiger partial charge is 0.343 e. The van der Waals surface area contributed by atoms with Crippen LogP contribution in [0.5, 0.6) is 0 Å². The lowest BCUT2D eigenvalue weighted by Gasteiger charge is -2.26. The van der Waals surface area contributed by atoms with Gasteiger partial charge in [0.25, 0.3) is 0 Å². The van der Waals surface area contributed by atoms with Crippen molar-refractivity contribution in [3.8, 4) is 0 Å². The van der Waals surface area contributed by atoms with Crippen molar-refractivity contribution in [3.63, 3.8) is 0 Å². The summed E-state index contributed by atoms with van der Waals surface area (Å²) >= 11 is 1.02. The predicted molar refractivity (Wildman–Crippen MR) is 134 cm³/mol. The maximum atomic E-state index is 13.2. The summed E-state index contributed by atoms with van der Waals surface area (Å²) in [5.41, 5.74) is 2.89. The van der Waals surface area contributed by atoms with Crippen LogP contribution >= 0.6 is 11.3 Å². The zero-order valence-electron chi connectivity index (χ0n) is 19.0.